The molecule has 0 aliphatic rings. The van der Waals surface area contributed by atoms with Gasteiger partial charge >= 0.3 is 6.03 Å². The number of hydrogen-bond acceptors (Lipinski definition) is 4. The van der Waals surface area contributed by atoms with Crippen LogP contribution in [0.5, 0.6) is 5.75 Å². The second-order valence-electron chi connectivity index (χ2n) is 6.15. The van der Waals surface area contributed by atoms with Gasteiger partial charge in [0.2, 0.25) is 0 Å². The van der Waals surface area contributed by atoms with Crippen LogP contribution in [0.3, 0.4) is 0 Å². The van der Waals surface area contributed by atoms with E-state index in [1.807, 2.05) is 27.1 Å². The van der Waals surface area contributed by atoms with Crippen molar-refractivity contribution >= 4 is 6.03 Å². The maximum Gasteiger partial charge on any atom is 0.318 e. The molecule has 0 spiro atoms. The summed E-state index contributed by atoms with van der Waals surface area (Å²) >= 11 is 0. The summed E-state index contributed by atoms with van der Waals surface area (Å²) in [4.78, 5) is 18.8. The number of carbonyl (C=O) groups excluding carboxylic acids is 1. The van der Waals surface area contributed by atoms with Crippen molar-refractivity contribution in [2.24, 2.45) is 7.05 Å². The third-order valence-electron chi connectivity index (χ3n) is 4.07. The lowest BCUT2D eigenvalue weighted by molar-refractivity contribution is 0.194. The van der Waals surface area contributed by atoms with Gasteiger partial charge < -0.3 is 15.0 Å². The van der Waals surface area contributed by atoms with Crippen molar-refractivity contribution in [2.75, 3.05) is 13.7 Å². The number of rotatable bonds is 7. The molecule has 0 atom stereocenters. The quantitative estimate of drug-likeness (QED) is 0.837. The average Bonchev–Trinajstić information content (AvgIpc) is 2.99. The van der Waals surface area contributed by atoms with Gasteiger partial charge in [0.25, 0.3) is 0 Å². The number of nitrogens with one attached hydrogen (secondary N) is 1. The van der Waals surface area contributed by atoms with Gasteiger partial charge in [-0.2, -0.15) is 5.10 Å². The van der Waals surface area contributed by atoms with Gasteiger partial charge in [-0.05, 0) is 20.3 Å². The van der Waals surface area contributed by atoms with Crippen LogP contribution in [-0.2, 0) is 20.1 Å². The van der Waals surface area contributed by atoms with E-state index >= 15 is 0 Å². The van der Waals surface area contributed by atoms with Crippen LogP contribution in [-0.4, -0.2) is 39.4 Å². The molecule has 0 radical (unpaired) electrons. The van der Waals surface area contributed by atoms with Crippen LogP contribution < -0.4 is 10.1 Å². The Bertz CT molecular complexity index is 726. The molecule has 2 amide bonds. The minimum Gasteiger partial charge on any atom is -0.496 e. The molecule has 7 heteroatoms. The Morgan fingerprint density at radius 2 is 2.12 bits per heavy atom. The summed E-state index contributed by atoms with van der Waals surface area (Å²) in [6, 6.07) is -0.105. The first-order chi connectivity index (χ1) is 12.0. The Hall–Kier alpha value is -2.57. The van der Waals surface area contributed by atoms with Gasteiger partial charge in [-0.15, -0.1) is 0 Å². The van der Waals surface area contributed by atoms with Crippen LogP contribution in [0, 0.1) is 13.8 Å². The second-order valence-corrected chi connectivity index (χ2v) is 6.15. The van der Waals surface area contributed by atoms with E-state index in [4.69, 9.17) is 4.74 Å². The van der Waals surface area contributed by atoms with E-state index in [1.165, 1.54) is 0 Å². The summed E-state index contributed by atoms with van der Waals surface area (Å²) in [6.45, 7) is 7.56. The summed E-state index contributed by atoms with van der Waals surface area (Å²) in [7, 11) is 3.52. The molecule has 0 saturated heterocycles. The summed E-state index contributed by atoms with van der Waals surface area (Å²) in [5, 5.41) is 7.12. The van der Waals surface area contributed by atoms with E-state index in [0.717, 1.165) is 34.6 Å². The van der Waals surface area contributed by atoms with Crippen LogP contribution in [0.1, 0.15) is 35.7 Å². The van der Waals surface area contributed by atoms with Crippen LogP contribution >= 0.6 is 0 Å². The molecule has 25 heavy (non-hydrogen) atoms. The molecule has 7 nitrogen and oxygen atoms in total. The molecule has 2 aromatic heterocycles. The third kappa shape index (κ3) is 4.71. The molecule has 0 bridgehead atoms. The molecule has 2 heterocycles. The van der Waals surface area contributed by atoms with Gasteiger partial charge in [0, 0.05) is 42.7 Å². The smallest absolute Gasteiger partial charge is 0.318 e. The largest absolute Gasteiger partial charge is 0.496 e. The molecule has 2 aromatic rings. The summed E-state index contributed by atoms with van der Waals surface area (Å²) in [6.07, 6.45) is 6.37. The van der Waals surface area contributed by atoms with Gasteiger partial charge in [0.1, 0.15) is 5.75 Å². The van der Waals surface area contributed by atoms with Crippen LogP contribution in [0.25, 0.3) is 0 Å². The lowest BCUT2D eigenvalue weighted by Crippen LogP contribution is -2.39. The van der Waals surface area contributed by atoms with Crippen molar-refractivity contribution in [1.29, 1.82) is 0 Å². The number of methoxy groups -OCH3 is 1. The highest BCUT2D eigenvalue weighted by atomic mass is 16.5. The second kappa shape index (κ2) is 8.50. The number of amides is 2. The molecule has 2 rings (SSSR count). The maximum atomic E-state index is 12.6. The summed E-state index contributed by atoms with van der Waals surface area (Å²) in [5.74, 6) is 0.819. The first-order valence-corrected chi connectivity index (χ1v) is 8.45. The van der Waals surface area contributed by atoms with Crippen molar-refractivity contribution in [3.8, 4) is 5.75 Å². The van der Waals surface area contributed by atoms with Crippen molar-refractivity contribution in [2.45, 2.75) is 40.3 Å². The van der Waals surface area contributed by atoms with Gasteiger partial charge in [0.15, 0.2) is 0 Å². The third-order valence-corrected chi connectivity index (χ3v) is 4.07. The molecular formula is C18H27N5O2. The average molecular weight is 345 g/mol. The number of carbonyl (C=O) groups is 1. The number of nitrogens with zero attached hydrogens (tertiary/aromatic N) is 4. The monoisotopic (exact) mass is 345 g/mol. The molecule has 1 N–H and O–H groups in total. The molecule has 0 fully saturated rings. The highest BCUT2D eigenvalue weighted by molar-refractivity contribution is 5.74. The fourth-order valence-corrected chi connectivity index (χ4v) is 2.82. The van der Waals surface area contributed by atoms with Crippen molar-refractivity contribution in [3.05, 3.63) is 41.0 Å². The minimum absolute atomic E-state index is 0.105. The Morgan fingerprint density at radius 3 is 2.72 bits per heavy atom. The SMILES string of the molecule is CCCN(Cc1cnn(C)c1)C(=O)NCc1ncc(C)c(OC)c1C. The van der Waals surface area contributed by atoms with Gasteiger partial charge in [-0.3, -0.25) is 9.67 Å². The molecule has 0 unspecified atom stereocenters. The van der Waals surface area contributed by atoms with Crippen molar-refractivity contribution in [3.63, 3.8) is 0 Å². The normalized spacial score (nSPS) is 10.6. The van der Waals surface area contributed by atoms with E-state index in [1.54, 1.807) is 29.1 Å². The molecule has 0 aliphatic carbocycles. The zero-order valence-electron chi connectivity index (χ0n) is 15.7. The highest BCUT2D eigenvalue weighted by Gasteiger charge is 2.15. The van der Waals surface area contributed by atoms with Gasteiger partial charge in [-0.25, -0.2) is 4.79 Å². The van der Waals surface area contributed by atoms with E-state index in [9.17, 15) is 4.79 Å². The van der Waals surface area contributed by atoms with Crippen molar-refractivity contribution in [1.82, 2.24) is 25.0 Å². The maximum absolute atomic E-state index is 12.6. The lowest BCUT2D eigenvalue weighted by atomic mass is 10.1. The predicted molar refractivity (Wildman–Crippen MR) is 96.4 cm³/mol. The Balaban J connectivity index is 2.03. The topological polar surface area (TPSA) is 72.3 Å². The number of aromatic nitrogens is 3. The number of urea groups is 1. The fourth-order valence-electron chi connectivity index (χ4n) is 2.82. The number of ether oxygens (including phenoxy) is 1. The standard InChI is InChI=1S/C18H27N5O2/c1-6-7-23(12-15-9-21-22(4)11-15)18(24)20-10-16-14(3)17(25-5)13(2)8-19-16/h8-9,11H,6-7,10,12H2,1-5H3,(H,20,24). The summed E-state index contributed by atoms with van der Waals surface area (Å²) < 4.78 is 7.16. The lowest BCUT2D eigenvalue weighted by Gasteiger charge is -2.22. The molecule has 0 aliphatic heterocycles. The Morgan fingerprint density at radius 1 is 1.36 bits per heavy atom. The zero-order valence-corrected chi connectivity index (χ0v) is 15.7. The number of hydrogen-bond donors (Lipinski definition) is 1. The molecule has 136 valence electrons. The van der Waals surface area contributed by atoms with Crippen LogP contribution in [0.15, 0.2) is 18.6 Å². The minimum atomic E-state index is -0.105. The first-order valence-electron chi connectivity index (χ1n) is 8.45. The Labute approximate surface area is 149 Å². The van der Waals surface area contributed by atoms with E-state index in [-0.39, 0.29) is 6.03 Å². The first kappa shape index (κ1) is 18.8. The van der Waals surface area contributed by atoms with E-state index < -0.39 is 0 Å². The summed E-state index contributed by atoms with van der Waals surface area (Å²) in [5.41, 5.74) is 3.77. The highest BCUT2D eigenvalue weighted by Crippen LogP contribution is 2.23. The fraction of sp³-hybridized carbons (Fsp3) is 0.500. The van der Waals surface area contributed by atoms with Crippen molar-refractivity contribution < 1.29 is 9.53 Å². The molecule has 0 aromatic carbocycles. The zero-order chi connectivity index (χ0) is 18.4. The van der Waals surface area contributed by atoms with Crippen LogP contribution in [0.2, 0.25) is 0 Å². The van der Waals surface area contributed by atoms with E-state index in [2.05, 4.69) is 22.3 Å². The van der Waals surface area contributed by atoms with Gasteiger partial charge in [-0.1, -0.05) is 6.92 Å². The van der Waals surface area contributed by atoms with Gasteiger partial charge in [0.05, 0.1) is 32.1 Å². The molecular weight excluding hydrogens is 318 g/mol. The number of aryl methyl sites for hydroxylation is 2. The molecule has 0 saturated carbocycles. The number of pyridine rings is 1. The Kier molecular flexibility index (Phi) is 6.38. The van der Waals surface area contributed by atoms with Crippen LogP contribution in [0.4, 0.5) is 4.79 Å². The van der Waals surface area contributed by atoms with E-state index in [0.29, 0.717) is 19.6 Å². The predicted octanol–water partition coefficient (Wildman–Crippen LogP) is 2.56.